The molecule has 1 saturated heterocycles. The largest absolute Gasteiger partial charge is 0.392 e. The van der Waals surface area contributed by atoms with Crippen LogP contribution in [0, 0.1) is 34.5 Å². The Balaban J connectivity index is 1.84. The van der Waals surface area contributed by atoms with Crippen LogP contribution in [-0.4, -0.2) is 30.2 Å². The van der Waals surface area contributed by atoms with Gasteiger partial charge in [-0.25, -0.2) is 0 Å². The Morgan fingerprint density at radius 2 is 1.80 bits per heavy atom. The molecular weight excluding hydrogens is 252 g/mol. The van der Waals surface area contributed by atoms with E-state index in [-0.39, 0.29) is 22.9 Å². The van der Waals surface area contributed by atoms with E-state index >= 15 is 0 Å². The van der Waals surface area contributed by atoms with Gasteiger partial charge >= 0.3 is 0 Å². The van der Waals surface area contributed by atoms with Crippen molar-refractivity contribution in [3.05, 3.63) is 12.2 Å². The third-order valence-corrected chi connectivity index (χ3v) is 6.95. The van der Waals surface area contributed by atoms with Gasteiger partial charge in [0.25, 0.3) is 0 Å². The van der Waals surface area contributed by atoms with Crippen molar-refractivity contribution in [2.24, 2.45) is 34.5 Å². The standard InChI is InChI=1S/C17H26O3/c1-10-16(4)6-5-12(17(10)19-7-8-20-17)11-9-15(2,3)14(18)13(11)16/h5-6,10-14,18H,7-9H2,1-4H3/t10?,11-,12+,13+,14-,16+/m1/s1. The molecular formula is C17H26O3. The van der Waals surface area contributed by atoms with Crippen molar-refractivity contribution in [2.75, 3.05) is 13.2 Å². The average molecular weight is 278 g/mol. The van der Waals surface area contributed by atoms with E-state index in [4.69, 9.17) is 9.47 Å². The quantitative estimate of drug-likeness (QED) is 0.692. The SMILES string of the molecule is CC1C2(OCCO2)[C@H]2C=C[C@]1(C)[C@H]1[C@@H]2CC(C)(C)[C@@H]1O. The summed E-state index contributed by atoms with van der Waals surface area (Å²) in [5, 5.41) is 10.9. The van der Waals surface area contributed by atoms with Gasteiger partial charge in [0.2, 0.25) is 0 Å². The van der Waals surface area contributed by atoms with Gasteiger partial charge in [-0.3, -0.25) is 0 Å². The number of rotatable bonds is 0. The van der Waals surface area contributed by atoms with E-state index in [0.717, 1.165) is 6.42 Å². The zero-order valence-corrected chi connectivity index (χ0v) is 12.9. The first kappa shape index (κ1) is 13.3. The average Bonchev–Trinajstić information content (AvgIpc) is 2.93. The van der Waals surface area contributed by atoms with E-state index in [1.165, 1.54) is 0 Å². The van der Waals surface area contributed by atoms with Gasteiger partial charge in [-0.05, 0) is 29.1 Å². The van der Waals surface area contributed by atoms with Crippen LogP contribution in [0.1, 0.15) is 34.1 Å². The topological polar surface area (TPSA) is 38.7 Å². The molecule has 0 amide bonds. The molecule has 1 aliphatic heterocycles. The summed E-state index contributed by atoms with van der Waals surface area (Å²) in [4.78, 5) is 0. The summed E-state index contributed by atoms with van der Waals surface area (Å²) in [6.45, 7) is 10.3. The summed E-state index contributed by atoms with van der Waals surface area (Å²) in [6, 6.07) is 0. The monoisotopic (exact) mass is 278 g/mol. The Kier molecular flexibility index (Phi) is 2.45. The number of aliphatic hydroxyl groups excluding tert-OH is 1. The second-order valence-corrected chi connectivity index (χ2v) is 8.22. The first-order chi connectivity index (χ1) is 9.33. The molecule has 1 N–H and O–H groups in total. The minimum atomic E-state index is -0.440. The van der Waals surface area contributed by atoms with Gasteiger partial charge in [-0.1, -0.05) is 39.8 Å². The van der Waals surface area contributed by atoms with E-state index in [1.54, 1.807) is 0 Å². The summed E-state index contributed by atoms with van der Waals surface area (Å²) < 4.78 is 12.3. The van der Waals surface area contributed by atoms with E-state index in [2.05, 4.69) is 39.8 Å². The number of ether oxygens (including phenoxy) is 2. The maximum Gasteiger partial charge on any atom is 0.178 e. The third-order valence-electron chi connectivity index (χ3n) is 6.95. The number of hydrogen-bond acceptors (Lipinski definition) is 3. The van der Waals surface area contributed by atoms with Gasteiger partial charge in [0, 0.05) is 11.8 Å². The molecule has 1 heterocycles. The smallest absolute Gasteiger partial charge is 0.178 e. The molecule has 1 spiro atoms. The van der Waals surface area contributed by atoms with E-state index in [1.807, 2.05) is 0 Å². The highest BCUT2D eigenvalue weighted by Gasteiger charge is 2.70. The Hall–Kier alpha value is -0.380. The summed E-state index contributed by atoms with van der Waals surface area (Å²) in [5.41, 5.74) is -0.0400. The molecule has 0 aromatic rings. The van der Waals surface area contributed by atoms with Crippen molar-refractivity contribution in [3.8, 4) is 0 Å². The predicted octanol–water partition coefficient (Wildman–Crippen LogP) is 2.59. The molecule has 3 heteroatoms. The van der Waals surface area contributed by atoms with Crippen LogP contribution in [0.5, 0.6) is 0 Å². The lowest BCUT2D eigenvalue weighted by Gasteiger charge is -2.61. The molecule has 5 rings (SSSR count). The van der Waals surface area contributed by atoms with Gasteiger partial charge in [-0.2, -0.15) is 0 Å². The highest BCUT2D eigenvalue weighted by molar-refractivity contribution is 5.27. The molecule has 2 saturated carbocycles. The molecule has 6 atom stereocenters. The second kappa shape index (κ2) is 3.68. The van der Waals surface area contributed by atoms with E-state index in [0.29, 0.717) is 31.0 Å². The molecule has 0 aromatic carbocycles. The highest BCUT2D eigenvalue weighted by atomic mass is 16.7. The lowest BCUT2D eigenvalue weighted by atomic mass is 9.48. The first-order valence-corrected chi connectivity index (χ1v) is 7.98. The lowest BCUT2D eigenvalue weighted by Crippen LogP contribution is -2.64. The molecule has 3 fully saturated rings. The Morgan fingerprint density at radius 3 is 2.45 bits per heavy atom. The van der Waals surface area contributed by atoms with Gasteiger partial charge < -0.3 is 14.6 Å². The van der Waals surface area contributed by atoms with Crippen LogP contribution in [0.2, 0.25) is 0 Å². The van der Waals surface area contributed by atoms with Gasteiger partial charge in [0.15, 0.2) is 5.79 Å². The van der Waals surface area contributed by atoms with Gasteiger partial charge in [0.1, 0.15) is 0 Å². The molecule has 1 unspecified atom stereocenters. The molecule has 20 heavy (non-hydrogen) atoms. The Labute approximate surface area is 121 Å². The van der Waals surface area contributed by atoms with Crippen LogP contribution in [0.15, 0.2) is 12.2 Å². The number of hydrogen-bond donors (Lipinski definition) is 1. The molecule has 5 aliphatic rings. The van der Waals surface area contributed by atoms with Crippen molar-refractivity contribution in [2.45, 2.75) is 46.0 Å². The molecule has 4 aliphatic carbocycles. The number of aliphatic hydroxyl groups is 1. The zero-order chi connectivity index (χ0) is 14.3. The minimum absolute atomic E-state index is 0.00921. The van der Waals surface area contributed by atoms with Gasteiger partial charge in [-0.15, -0.1) is 0 Å². The summed E-state index contributed by atoms with van der Waals surface area (Å²) in [7, 11) is 0. The van der Waals surface area contributed by atoms with Crippen LogP contribution in [-0.2, 0) is 9.47 Å². The van der Waals surface area contributed by atoms with Crippen molar-refractivity contribution in [1.29, 1.82) is 0 Å². The van der Waals surface area contributed by atoms with Crippen LogP contribution in [0.25, 0.3) is 0 Å². The fourth-order valence-corrected chi connectivity index (χ4v) is 5.77. The minimum Gasteiger partial charge on any atom is -0.392 e. The van der Waals surface area contributed by atoms with Crippen LogP contribution < -0.4 is 0 Å². The predicted molar refractivity (Wildman–Crippen MR) is 75.9 cm³/mol. The fraction of sp³-hybridized carbons (Fsp3) is 0.882. The maximum absolute atomic E-state index is 10.9. The van der Waals surface area contributed by atoms with Crippen LogP contribution in [0.4, 0.5) is 0 Å². The van der Waals surface area contributed by atoms with Crippen LogP contribution >= 0.6 is 0 Å². The Morgan fingerprint density at radius 1 is 1.15 bits per heavy atom. The molecule has 3 nitrogen and oxygen atoms in total. The van der Waals surface area contributed by atoms with Crippen molar-refractivity contribution in [3.63, 3.8) is 0 Å². The normalized spacial score (nSPS) is 54.5. The Bertz CT molecular complexity index is 463. The first-order valence-electron chi connectivity index (χ1n) is 7.98. The third kappa shape index (κ3) is 1.28. The summed E-state index contributed by atoms with van der Waals surface area (Å²) >= 11 is 0. The van der Waals surface area contributed by atoms with Crippen LogP contribution in [0.3, 0.4) is 0 Å². The lowest BCUT2D eigenvalue weighted by molar-refractivity contribution is -0.287. The number of allylic oxidation sites excluding steroid dienone is 1. The van der Waals surface area contributed by atoms with Crippen molar-refractivity contribution >= 4 is 0 Å². The van der Waals surface area contributed by atoms with Gasteiger partial charge in [0.05, 0.1) is 19.3 Å². The zero-order valence-electron chi connectivity index (χ0n) is 12.9. The molecule has 0 radical (unpaired) electrons. The van der Waals surface area contributed by atoms with E-state index < -0.39 is 5.79 Å². The fourth-order valence-electron chi connectivity index (χ4n) is 5.77. The maximum atomic E-state index is 10.9. The molecule has 112 valence electrons. The van der Waals surface area contributed by atoms with E-state index in [9.17, 15) is 5.11 Å². The summed E-state index contributed by atoms with van der Waals surface area (Å²) in [5.74, 6) is 0.955. The second-order valence-electron chi connectivity index (χ2n) is 8.22. The molecule has 0 aromatic heterocycles. The van der Waals surface area contributed by atoms with Crippen molar-refractivity contribution in [1.82, 2.24) is 0 Å². The molecule has 2 bridgehead atoms. The summed E-state index contributed by atoms with van der Waals surface area (Å²) in [6.07, 6.45) is 5.49. The highest BCUT2D eigenvalue weighted by Crippen LogP contribution is 2.68. The van der Waals surface area contributed by atoms with Crippen molar-refractivity contribution < 1.29 is 14.6 Å².